The molecular weight excluding hydrogens is 497 g/mol. The van der Waals surface area contributed by atoms with Crippen LogP contribution >= 0.6 is 0 Å². The van der Waals surface area contributed by atoms with Gasteiger partial charge in [-0.15, -0.1) is 0 Å². The quantitative estimate of drug-likeness (QED) is 0.314. The second-order valence-corrected chi connectivity index (χ2v) is 9.90. The minimum Gasteiger partial charge on any atom is -0.456 e. The standard InChI is InChI=1S/C26H26F5N3O3/c1-13(2)9-18(24(36)34-25(12-32)7-8-25)33-22(26(29,30)31)15-3-5-16-17-10-14(21(35)23(27)28)4-6-19(17)37-20(16)11-15/h3-6,10-11,13,18,21-23,33,35H,7-9H2,1-2H3,(H,34,36)/t18-,21?,22?/m0/s1. The van der Waals surface area contributed by atoms with E-state index in [1.54, 1.807) is 13.8 Å². The molecule has 0 saturated heterocycles. The zero-order chi connectivity index (χ0) is 27.1. The van der Waals surface area contributed by atoms with E-state index in [2.05, 4.69) is 10.6 Å². The number of hydrogen-bond donors (Lipinski definition) is 3. The molecule has 1 aliphatic rings. The lowest BCUT2D eigenvalue weighted by molar-refractivity contribution is -0.161. The number of rotatable bonds is 9. The average Bonchev–Trinajstić information content (AvgIpc) is 3.50. The summed E-state index contributed by atoms with van der Waals surface area (Å²) < 4.78 is 74.2. The molecule has 1 fully saturated rings. The molecule has 1 saturated carbocycles. The van der Waals surface area contributed by atoms with Gasteiger partial charge in [-0.2, -0.15) is 18.4 Å². The molecule has 1 aromatic heterocycles. The van der Waals surface area contributed by atoms with Gasteiger partial charge in [-0.1, -0.05) is 32.0 Å². The van der Waals surface area contributed by atoms with Crippen molar-refractivity contribution in [3.05, 3.63) is 47.5 Å². The van der Waals surface area contributed by atoms with Crippen molar-refractivity contribution < 1.29 is 36.3 Å². The molecule has 11 heteroatoms. The van der Waals surface area contributed by atoms with Crippen LogP contribution in [0.5, 0.6) is 0 Å². The van der Waals surface area contributed by atoms with E-state index < -0.39 is 42.2 Å². The fraction of sp³-hybridized carbons (Fsp3) is 0.462. The second-order valence-electron chi connectivity index (χ2n) is 9.90. The number of fused-ring (bicyclic) bond motifs is 3. The smallest absolute Gasteiger partial charge is 0.407 e. The normalized spacial score (nSPS) is 17.6. The maximum Gasteiger partial charge on any atom is 0.407 e. The first-order chi connectivity index (χ1) is 17.3. The van der Waals surface area contributed by atoms with Gasteiger partial charge in [-0.3, -0.25) is 10.1 Å². The molecule has 1 heterocycles. The number of carbonyl (C=O) groups excluding carboxylic acids is 1. The van der Waals surface area contributed by atoms with Crippen LogP contribution in [-0.4, -0.2) is 35.2 Å². The van der Waals surface area contributed by atoms with Crippen LogP contribution in [0.2, 0.25) is 0 Å². The maximum absolute atomic E-state index is 14.2. The molecule has 37 heavy (non-hydrogen) atoms. The Morgan fingerprint density at radius 1 is 1.11 bits per heavy atom. The van der Waals surface area contributed by atoms with Gasteiger partial charge in [0.1, 0.15) is 28.9 Å². The Hall–Kier alpha value is -3.23. The van der Waals surface area contributed by atoms with Crippen LogP contribution in [0.4, 0.5) is 22.0 Å². The van der Waals surface area contributed by atoms with Gasteiger partial charge in [0.15, 0.2) is 0 Å². The summed E-state index contributed by atoms with van der Waals surface area (Å²) in [6, 6.07) is 6.38. The van der Waals surface area contributed by atoms with Gasteiger partial charge >= 0.3 is 6.18 Å². The van der Waals surface area contributed by atoms with Crippen molar-refractivity contribution in [1.29, 1.82) is 5.26 Å². The third-order valence-electron chi connectivity index (χ3n) is 6.48. The van der Waals surface area contributed by atoms with Gasteiger partial charge in [0.2, 0.25) is 5.91 Å². The van der Waals surface area contributed by atoms with E-state index >= 15 is 0 Å². The van der Waals surface area contributed by atoms with E-state index in [1.807, 2.05) is 6.07 Å². The van der Waals surface area contributed by atoms with Gasteiger partial charge in [0.25, 0.3) is 6.43 Å². The van der Waals surface area contributed by atoms with Crippen LogP contribution in [0, 0.1) is 17.2 Å². The molecule has 3 N–H and O–H groups in total. The van der Waals surface area contributed by atoms with Crippen molar-refractivity contribution in [1.82, 2.24) is 10.6 Å². The summed E-state index contributed by atoms with van der Waals surface area (Å²) in [7, 11) is 0. The lowest BCUT2D eigenvalue weighted by Gasteiger charge is -2.29. The first kappa shape index (κ1) is 26.8. The fourth-order valence-electron chi connectivity index (χ4n) is 4.34. The van der Waals surface area contributed by atoms with Crippen molar-refractivity contribution in [3.63, 3.8) is 0 Å². The van der Waals surface area contributed by atoms with Crippen LogP contribution in [0.1, 0.15) is 56.4 Å². The number of nitrogens with one attached hydrogen (secondary N) is 2. The minimum absolute atomic E-state index is 0.0440. The number of carbonyl (C=O) groups is 1. The van der Waals surface area contributed by atoms with Crippen LogP contribution in [0.15, 0.2) is 40.8 Å². The number of nitrogens with zero attached hydrogens (tertiary/aromatic N) is 1. The average molecular weight is 524 g/mol. The molecule has 0 radical (unpaired) electrons. The summed E-state index contributed by atoms with van der Waals surface area (Å²) >= 11 is 0. The fourth-order valence-corrected chi connectivity index (χ4v) is 4.34. The number of benzene rings is 2. The number of halogens is 5. The van der Waals surface area contributed by atoms with E-state index in [0.717, 1.165) is 0 Å². The number of aliphatic hydroxyl groups is 1. The molecule has 4 rings (SSSR count). The van der Waals surface area contributed by atoms with Gasteiger partial charge in [0.05, 0.1) is 12.1 Å². The highest BCUT2D eigenvalue weighted by molar-refractivity contribution is 6.05. The van der Waals surface area contributed by atoms with E-state index in [9.17, 15) is 37.1 Å². The van der Waals surface area contributed by atoms with Crippen molar-refractivity contribution >= 4 is 27.8 Å². The van der Waals surface area contributed by atoms with E-state index in [-0.39, 0.29) is 34.6 Å². The van der Waals surface area contributed by atoms with Crippen molar-refractivity contribution in [3.8, 4) is 6.07 Å². The van der Waals surface area contributed by atoms with Crippen molar-refractivity contribution in [2.45, 2.75) is 69.4 Å². The molecule has 1 aliphatic carbocycles. The number of nitriles is 1. The summed E-state index contributed by atoms with van der Waals surface area (Å²) in [6.07, 6.45) is -8.76. The zero-order valence-electron chi connectivity index (χ0n) is 20.1. The molecule has 198 valence electrons. The van der Waals surface area contributed by atoms with Crippen LogP contribution in [-0.2, 0) is 4.79 Å². The SMILES string of the molecule is CC(C)C[C@H](NC(c1ccc2c(c1)oc1ccc(C(O)C(F)F)cc12)C(F)(F)F)C(=O)NC1(C#N)CC1. The molecular formula is C26H26F5N3O3. The number of amides is 1. The molecule has 2 unspecified atom stereocenters. The number of furan rings is 1. The van der Waals surface area contributed by atoms with Crippen molar-refractivity contribution in [2.24, 2.45) is 5.92 Å². The highest BCUT2D eigenvalue weighted by Gasteiger charge is 2.47. The summed E-state index contributed by atoms with van der Waals surface area (Å²) in [5.41, 5.74) is -0.908. The summed E-state index contributed by atoms with van der Waals surface area (Å²) in [4.78, 5) is 12.9. The third-order valence-corrected chi connectivity index (χ3v) is 6.48. The Balaban J connectivity index is 1.68. The van der Waals surface area contributed by atoms with Crippen LogP contribution in [0.25, 0.3) is 21.9 Å². The second kappa shape index (κ2) is 9.91. The summed E-state index contributed by atoms with van der Waals surface area (Å²) in [5.74, 6) is -0.776. The molecule has 0 spiro atoms. The number of hydrogen-bond acceptors (Lipinski definition) is 5. The van der Waals surface area contributed by atoms with Crippen molar-refractivity contribution in [2.75, 3.05) is 0 Å². The molecule has 3 aromatic rings. The first-order valence-electron chi connectivity index (χ1n) is 11.8. The number of aliphatic hydroxyl groups excluding tert-OH is 1. The molecule has 0 bridgehead atoms. The lowest BCUT2D eigenvalue weighted by Crippen LogP contribution is -2.52. The summed E-state index contributed by atoms with van der Waals surface area (Å²) in [5, 5.41) is 24.7. The minimum atomic E-state index is -4.77. The Morgan fingerprint density at radius 2 is 1.78 bits per heavy atom. The molecule has 0 aliphatic heterocycles. The maximum atomic E-state index is 14.2. The van der Waals surface area contributed by atoms with E-state index in [0.29, 0.717) is 23.6 Å². The first-order valence-corrected chi connectivity index (χ1v) is 11.8. The monoisotopic (exact) mass is 523 g/mol. The molecule has 3 atom stereocenters. The van der Waals surface area contributed by atoms with Gasteiger partial charge in [0, 0.05) is 10.8 Å². The van der Waals surface area contributed by atoms with E-state index in [1.165, 1.54) is 36.4 Å². The lowest BCUT2D eigenvalue weighted by atomic mass is 9.98. The van der Waals surface area contributed by atoms with Crippen LogP contribution < -0.4 is 10.6 Å². The third kappa shape index (κ3) is 5.70. The molecule has 6 nitrogen and oxygen atoms in total. The predicted molar refractivity (Wildman–Crippen MR) is 126 cm³/mol. The van der Waals surface area contributed by atoms with E-state index in [4.69, 9.17) is 4.42 Å². The van der Waals surface area contributed by atoms with Crippen LogP contribution in [0.3, 0.4) is 0 Å². The predicted octanol–water partition coefficient (Wildman–Crippen LogP) is 5.66. The Kier molecular flexibility index (Phi) is 7.18. The van der Waals surface area contributed by atoms with Gasteiger partial charge < -0.3 is 14.8 Å². The molecule has 2 aromatic carbocycles. The van der Waals surface area contributed by atoms with Gasteiger partial charge in [-0.05, 0) is 54.5 Å². The Labute approximate surface area is 209 Å². The number of alkyl halides is 5. The Bertz CT molecular complexity index is 1340. The highest BCUT2D eigenvalue weighted by Crippen LogP contribution is 2.38. The molecule has 1 amide bonds. The highest BCUT2D eigenvalue weighted by atomic mass is 19.4. The largest absolute Gasteiger partial charge is 0.456 e. The topological polar surface area (TPSA) is 98.3 Å². The summed E-state index contributed by atoms with van der Waals surface area (Å²) in [6.45, 7) is 3.56. The zero-order valence-corrected chi connectivity index (χ0v) is 20.1. The Morgan fingerprint density at radius 3 is 2.35 bits per heavy atom. The van der Waals surface area contributed by atoms with Gasteiger partial charge in [-0.25, -0.2) is 8.78 Å².